The first kappa shape index (κ1) is 17.2. The van der Waals surface area contributed by atoms with Gasteiger partial charge in [-0.2, -0.15) is 0 Å². The van der Waals surface area contributed by atoms with Crippen LogP contribution in [0.2, 0.25) is 0 Å². The highest BCUT2D eigenvalue weighted by Crippen LogP contribution is 2.11. The van der Waals surface area contributed by atoms with E-state index in [1.54, 1.807) is 6.92 Å². The van der Waals surface area contributed by atoms with E-state index in [2.05, 4.69) is 5.32 Å². The molecule has 0 aliphatic carbocycles. The van der Waals surface area contributed by atoms with Crippen molar-refractivity contribution in [3.63, 3.8) is 0 Å². The summed E-state index contributed by atoms with van der Waals surface area (Å²) >= 11 is 0. The maximum atomic E-state index is 11.7. The summed E-state index contributed by atoms with van der Waals surface area (Å²) < 4.78 is 28.1. The molecule has 1 aromatic rings. The minimum Gasteiger partial charge on any atom is -0.462 e. The zero-order valence-electron chi connectivity index (χ0n) is 12.3. The molecule has 0 saturated carbocycles. The zero-order chi connectivity index (χ0) is 16.0. The fraction of sp³-hybridized carbons (Fsp3) is 0.429. The Labute approximate surface area is 124 Å². The standard InChI is InChI=1S/C14H19NO5S/c1-4-20-14(17)11-5-7-12(8-6-11)15-13(16)9-21(18,19)10(2)3/h5-8,10H,4,9H2,1-3H3,(H,15,16). The molecule has 1 N–H and O–H groups in total. The minimum atomic E-state index is -3.43. The van der Waals surface area contributed by atoms with E-state index in [4.69, 9.17) is 4.74 Å². The predicted octanol–water partition coefficient (Wildman–Crippen LogP) is 1.62. The van der Waals surface area contributed by atoms with Gasteiger partial charge >= 0.3 is 5.97 Å². The van der Waals surface area contributed by atoms with Crippen LogP contribution in [-0.2, 0) is 19.4 Å². The van der Waals surface area contributed by atoms with Crippen LogP contribution in [0.3, 0.4) is 0 Å². The van der Waals surface area contributed by atoms with E-state index < -0.39 is 32.7 Å². The molecule has 0 radical (unpaired) electrons. The lowest BCUT2D eigenvalue weighted by Gasteiger charge is -2.09. The molecule has 21 heavy (non-hydrogen) atoms. The van der Waals surface area contributed by atoms with Crippen molar-refractivity contribution in [2.24, 2.45) is 0 Å². The average Bonchev–Trinajstić information content (AvgIpc) is 2.38. The zero-order valence-corrected chi connectivity index (χ0v) is 13.1. The third-order valence-electron chi connectivity index (χ3n) is 2.73. The van der Waals surface area contributed by atoms with Gasteiger partial charge in [-0.15, -0.1) is 0 Å². The van der Waals surface area contributed by atoms with E-state index in [1.807, 2.05) is 0 Å². The van der Waals surface area contributed by atoms with Crippen LogP contribution in [0.5, 0.6) is 0 Å². The Morgan fingerprint density at radius 3 is 2.24 bits per heavy atom. The molecule has 0 heterocycles. The lowest BCUT2D eigenvalue weighted by molar-refractivity contribution is -0.113. The number of nitrogens with one attached hydrogen (secondary N) is 1. The van der Waals surface area contributed by atoms with E-state index in [-0.39, 0.29) is 6.61 Å². The van der Waals surface area contributed by atoms with Gasteiger partial charge in [0.25, 0.3) is 0 Å². The van der Waals surface area contributed by atoms with Gasteiger partial charge in [0.2, 0.25) is 5.91 Å². The molecule has 0 aliphatic heterocycles. The summed E-state index contributed by atoms with van der Waals surface area (Å²) in [6, 6.07) is 6.05. The number of benzene rings is 1. The van der Waals surface area contributed by atoms with Gasteiger partial charge in [0.1, 0.15) is 5.75 Å². The van der Waals surface area contributed by atoms with Crippen LogP contribution in [0.4, 0.5) is 5.69 Å². The maximum absolute atomic E-state index is 11.7. The Bertz CT molecular complexity index is 605. The largest absolute Gasteiger partial charge is 0.462 e. The SMILES string of the molecule is CCOC(=O)c1ccc(NC(=O)CS(=O)(=O)C(C)C)cc1. The number of carbonyl (C=O) groups is 2. The van der Waals surface area contributed by atoms with Crippen LogP contribution in [0.15, 0.2) is 24.3 Å². The normalized spacial score (nSPS) is 11.2. The molecule has 0 unspecified atom stereocenters. The number of sulfone groups is 1. The van der Waals surface area contributed by atoms with Crippen molar-refractivity contribution in [1.82, 2.24) is 0 Å². The molecule has 7 heteroatoms. The third kappa shape index (κ3) is 5.18. The van der Waals surface area contributed by atoms with Gasteiger partial charge in [-0.05, 0) is 45.0 Å². The number of hydrogen-bond acceptors (Lipinski definition) is 5. The molecule has 1 rings (SSSR count). The lowest BCUT2D eigenvalue weighted by Crippen LogP contribution is -2.27. The minimum absolute atomic E-state index is 0.282. The van der Waals surface area contributed by atoms with E-state index in [0.29, 0.717) is 11.3 Å². The molecule has 1 aromatic carbocycles. The van der Waals surface area contributed by atoms with Crippen LogP contribution in [0, 0.1) is 0 Å². The van der Waals surface area contributed by atoms with Crippen molar-refractivity contribution in [3.05, 3.63) is 29.8 Å². The number of rotatable bonds is 6. The van der Waals surface area contributed by atoms with Crippen LogP contribution >= 0.6 is 0 Å². The third-order valence-corrected chi connectivity index (χ3v) is 4.83. The first-order chi connectivity index (χ1) is 9.76. The van der Waals surface area contributed by atoms with Crippen molar-refractivity contribution in [3.8, 4) is 0 Å². The summed E-state index contributed by atoms with van der Waals surface area (Å²) in [7, 11) is -3.43. The lowest BCUT2D eigenvalue weighted by atomic mass is 10.2. The molecule has 0 spiro atoms. The van der Waals surface area contributed by atoms with Crippen molar-refractivity contribution < 1.29 is 22.7 Å². The Kier molecular flexibility index (Phi) is 5.90. The van der Waals surface area contributed by atoms with Gasteiger partial charge in [-0.3, -0.25) is 4.79 Å². The second-order valence-corrected chi connectivity index (χ2v) is 7.26. The number of amides is 1. The molecule has 0 aromatic heterocycles. The summed E-state index contributed by atoms with van der Waals surface area (Å²) in [5, 5.41) is 1.88. The van der Waals surface area contributed by atoms with Gasteiger partial charge in [-0.25, -0.2) is 13.2 Å². The van der Waals surface area contributed by atoms with E-state index >= 15 is 0 Å². The molecule has 0 saturated heterocycles. The van der Waals surface area contributed by atoms with Crippen LogP contribution in [-0.4, -0.2) is 37.9 Å². The Morgan fingerprint density at radius 2 is 1.76 bits per heavy atom. The molecule has 0 bridgehead atoms. The highest BCUT2D eigenvalue weighted by molar-refractivity contribution is 7.92. The smallest absolute Gasteiger partial charge is 0.338 e. The number of hydrogen-bond donors (Lipinski definition) is 1. The summed E-state index contributed by atoms with van der Waals surface area (Å²) in [5.74, 6) is -1.62. The summed E-state index contributed by atoms with van der Waals surface area (Å²) in [4.78, 5) is 23.1. The average molecular weight is 313 g/mol. The molecular weight excluding hydrogens is 294 g/mol. The van der Waals surface area contributed by atoms with Crippen molar-refractivity contribution in [2.45, 2.75) is 26.0 Å². The molecule has 6 nitrogen and oxygen atoms in total. The number of anilines is 1. The van der Waals surface area contributed by atoms with E-state index in [0.717, 1.165) is 0 Å². The molecule has 116 valence electrons. The van der Waals surface area contributed by atoms with Gasteiger partial charge < -0.3 is 10.1 Å². The first-order valence-corrected chi connectivity index (χ1v) is 8.26. The molecule has 0 aliphatic rings. The molecule has 1 amide bonds. The second kappa shape index (κ2) is 7.21. The number of ether oxygens (including phenoxy) is 1. The van der Waals surface area contributed by atoms with Crippen LogP contribution in [0.1, 0.15) is 31.1 Å². The predicted molar refractivity (Wildman–Crippen MR) is 80.0 cm³/mol. The van der Waals surface area contributed by atoms with Crippen LogP contribution < -0.4 is 5.32 Å². The first-order valence-electron chi connectivity index (χ1n) is 6.55. The number of carbonyl (C=O) groups excluding carboxylic acids is 2. The quantitative estimate of drug-likeness (QED) is 0.806. The Hall–Kier alpha value is -1.89. The topological polar surface area (TPSA) is 89.5 Å². The van der Waals surface area contributed by atoms with Gasteiger partial charge in [0, 0.05) is 5.69 Å². The maximum Gasteiger partial charge on any atom is 0.338 e. The van der Waals surface area contributed by atoms with E-state index in [1.165, 1.54) is 38.1 Å². The summed E-state index contributed by atoms with van der Waals surface area (Å²) in [6.45, 7) is 5.04. The molecule has 0 atom stereocenters. The highest BCUT2D eigenvalue weighted by Gasteiger charge is 2.20. The van der Waals surface area contributed by atoms with Crippen molar-refractivity contribution >= 4 is 27.4 Å². The summed E-state index contributed by atoms with van der Waals surface area (Å²) in [5.41, 5.74) is 0.789. The fourth-order valence-electron chi connectivity index (χ4n) is 1.45. The Balaban J connectivity index is 2.68. The highest BCUT2D eigenvalue weighted by atomic mass is 32.2. The van der Waals surface area contributed by atoms with Gasteiger partial charge in [0.05, 0.1) is 17.4 Å². The fourth-order valence-corrected chi connectivity index (χ4v) is 2.22. The number of esters is 1. The summed E-state index contributed by atoms with van der Waals surface area (Å²) in [6.07, 6.45) is 0. The molecule has 0 fully saturated rings. The van der Waals surface area contributed by atoms with Gasteiger partial charge in [0.15, 0.2) is 9.84 Å². The van der Waals surface area contributed by atoms with Gasteiger partial charge in [-0.1, -0.05) is 0 Å². The Morgan fingerprint density at radius 1 is 1.19 bits per heavy atom. The monoisotopic (exact) mass is 313 g/mol. The van der Waals surface area contributed by atoms with Crippen LogP contribution in [0.25, 0.3) is 0 Å². The molecular formula is C14H19NO5S. The second-order valence-electron chi connectivity index (χ2n) is 4.70. The van der Waals surface area contributed by atoms with Crippen molar-refractivity contribution in [2.75, 3.05) is 17.7 Å². The van der Waals surface area contributed by atoms with Crippen molar-refractivity contribution in [1.29, 1.82) is 0 Å². The van der Waals surface area contributed by atoms with E-state index in [9.17, 15) is 18.0 Å².